The SMILES string of the molecule is CCOC(=O)/C=C(\NC(C)c1ccccc1)C(F)(F)F. The zero-order chi connectivity index (χ0) is 15.2. The van der Waals surface area contributed by atoms with Crippen molar-refractivity contribution in [1.82, 2.24) is 5.32 Å². The number of ether oxygens (including phenoxy) is 1. The molecule has 0 aliphatic carbocycles. The van der Waals surface area contributed by atoms with E-state index in [1.807, 2.05) is 0 Å². The highest BCUT2D eigenvalue weighted by Gasteiger charge is 2.35. The molecule has 110 valence electrons. The number of esters is 1. The summed E-state index contributed by atoms with van der Waals surface area (Å²) in [4.78, 5) is 11.2. The molecular formula is C14H16F3NO2. The molecule has 1 unspecified atom stereocenters. The van der Waals surface area contributed by atoms with E-state index in [-0.39, 0.29) is 6.61 Å². The molecule has 0 saturated heterocycles. The number of rotatable bonds is 5. The van der Waals surface area contributed by atoms with Gasteiger partial charge in [0.1, 0.15) is 5.70 Å². The Balaban J connectivity index is 2.89. The first-order valence-corrected chi connectivity index (χ1v) is 6.11. The van der Waals surface area contributed by atoms with Crippen molar-refractivity contribution in [1.29, 1.82) is 0 Å². The zero-order valence-electron chi connectivity index (χ0n) is 11.2. The van der Waals surface area contributed by atoms with Gasteiger partial charge in [-0.25, -0.2) is 4.79 Å². The molecule has 0 aliphatic heterocycles. The summed E-state index contributed by atoms with van der Waals surface area (Å²) in [5.74, 6) is -1.02. The summed E-state index contributed by atoms with van der Waals surface area (Å²) in [6.45, 7) is 3.13. The fourth-order valence-electron chi connectivity index (χ4n) is 1.57. The molecule has 0 heterocycles. The lowest BCUT2D eigenvalue weighted by atomic mass is 10.1. The van der Waals surface area contributed by atoms with E-state index >= 15 is 0 Å². The second kappa shape index (κ2) is 6.98. The third kappa shape index (κ3) is 4.95. The first kappa shape index (κ1) is 16.1. The number of carbonyl (C=O) groups is 1. The Morgan fingerprint density at radius 3 is 2.45 bits per heavy atom. The van der Waals surface area contributed by atoms with Gasteiger partial charge in [0.05, 0.1) is 12.7 Å². The Hall–Kier alpha value is -1.98. The van der Waals surface area contributed by atoms with Gasteiger partial charge in [-0.05, 0) is 19.4 Å². The smallest absolute Gasteiger partial charge is 0.431 e. The van der Waals surface area contributed by atoms with E-state index in [0.717, 1.165) is 0 Å². The number of benzene rings is 1. The van der Waals surface area contributed by atoms with Crippen LogP contribution in [-0.2, 0) is 9.53 Å². The fourth-order valence-corrected chi connectivity index (χ4v) is 1.57. The maximum absolute atomic E-state index is 12.9. The second-order valence-electron chi connectivity index (χ2n) is 4.08. The van der Waals surface area contributed by atoms with Gasteiger partial charge in [-0.3, -0.25) is 0 Å². The highest BCUT2D eigenvalue weighted by atomic mass is 19.4. The van der Waals surface area contributed by atoms with E-state index in [0.29, 0.717) is 11.6 Å². The molecule has 0 bridgehead atoms. The molecule has 1 aromatic carbocycles. The Labute approximate surface area is 115 Å². The average Bonchev–Trinajstić information content (AvgIpc) is 2.38. The molecule has 0 saturated carbocycles. The number of carbonyl (C=O) groups excluding carboxylic acids is 1. The topological polar surface area (TPSA) is 38.3 Å². The molecule has 1 N–H and O–H groups in total. The van der Waals surface area contributed by atoms with Crippen molar-refractivity contribution >= 4 is 5.97 Å². The van der Waals surface area contributed by atoms with Crippen molar-refractivity contribution in [3.05, 3.63) is 47.7 Å². The van der Waals surface area contributed by atoms with Crippen molar-refractivity contribution in [2.24, 2.45) is 0 Å². The summed E-state index contributed by atoms with van der Waals surface area (Å²) in [5.41, 5.74) is -0.432. The molecule has 6 heteroatoms. The average molecular weight is 287 g/mol. The zero-order valence-corrected chi connectivity index (χ0v) is 11.2. The molecule has 0 fully saturated rings. The van der Waals surface area contributed by atoms with E-state index in [2.05, 4.69) is 10.1 Å². The van der Waals surface area contributed by atoms with E-state index in [1.54, 1.807) is 37.3 Å². The van der Waals surface area contributed by atoms with Crippen LogP contribution in [0.25, 0.3) is 0 Å². The van der Waals surface area contributed by atoms with E-state index < -0.39 is 23.9 Å². The van der Waals surface area contributed by atoms with E-state index in [1.165, 1.54) is 6.92 Å². The van der Waals surface area contributed by atoms with Crippen LogP contribution in [0.15, 0.2) is 42.1 Å². The van der Waals surface area contributed by atoms with Crippen molar-refractivity contribution in [3.8, 4) is 0 Å². The minimum atomic E-state index is -4.64. The molecule has 20 heavy (non-hydrogen) atoms. The van der Waals surface area contributed by atoms with Crippen LogP contribution in [0.4, 0.5) is 13.2 Å². The van der Waals surface area contributed by atoms with Crippen LogP contribution in [0, 0.1) is 0 Å². The summed E-state index contributed by atoms with van der Waals surface area (Å²) in [7, 11) is 0. The van der Waals surface area contributed by atoms with Gasteiger partial charge in [0.2, 0.25) is 0 Å². The van der Waals surface area contributed by atoms with Gasteiger partial charge >= 0.3 is 12.1 Å². The minimum Gasteiger partial charge on any atom is -0.463 e. The highest BCUT2D eigenvalue weighted by molar-refractivity contribution is 5.82. The van der Waals surface area contributed by atoms with Crippen LogP contribution in [0.2, 0.25) is 0 Å². The number of halogens is 3. The van der Waals surface area contributed by atoms with Crippen molar-refractivity contribution in [2.75, 3.05) is 6.61 Å². The summed E-state index contributed by atoms with van der Waals surface area (Å²) < 4.78 is 43.1. The van der Waals surface area contributed by atoms with Crippen LogP contribution in [0.5, 0.6) is 0 Å². The Morgan fingerprint density at radius 1 is 1.35 bits per heavy atom. The van der Waals surface area contributed by atoms with Crippen molar-refractivity contribution < 1.29 is 22.7 Å². The third-order valence-electron chi connectivity index (χ3n) is 2.53. The summed E-state index contributed by atoms with van der Waals surface area (Å²) in [6.07, 6.45) is -4.21. The molecule has 1 aromatic rings. The maximum atomic E-state index is 12.9. The van der Waals surface area contributed by atoms with Crippen molar-refractivity contribution in [2.45, 2.75) is 26.1 Å². The number of alkyl halides is 3. The third-order valence-corrected chi connectivity index (χ3v) is 2.53. The van der Waals surface area contributed by atoms with Gasteiger partial charge in [-0.2, -0.15) is 13.2 Å². The van der Waals surface area contributed by atoms with Gasteiger partial charge in [0, 0.05) is 6.04 Å². The molecule has 0 spiro atoms. The monoisotopic (exact) mass is 287 g/mol. The molecule has 1 rings (SSSR count). The molecule has 0 aromatic heterocycles. The highest BCUT2D eigenvalue weighted by Crippen LogP contribution is 2.26. The molecule has 1 atom stereocenters. The number of allylic oxidation sites excluding steroid dienone is 1. The molecule has 3 nitrogen and oxygen atoms in total. The lowest BCUT2D eigenvalue weighted by molar-refractivity contribution is -0.138. The molecule has 0 radical (unpaired) electrons. The van der Waals surface area contributed by atoms with Crippen molar-refractivity contribution in [3.63, 3.8) is 0 Å². The lowest BCUT2D eigenvalue weighted by Gasteiger charge is -2.20. The largest absolute Gasteiger partial charge is 0.463 e. The first-order valence-electron chi connectivity index (χ1n) is 6.11. The standard InChI is InChI=1S/C14H16F3NO2/c1-3-20-13(19)9-12(14(15,16)17)18-10(2)11-7-5-4-6-8-11/h4-10,18H,3H2,1-2H3/b12-9-. The molecule has 0 aliphatic rings. The van der Waals surface area contributed by atoms with Gasteiger partial charge in [0.25, 0.3) is 0 Å². The first-order chi connectivity index (χ1) is 9.34. The summed E-state index contributed by atoms with van der Waals surface area (Å²) >= 11 is 0. The fraction of sp³-hybridized carbons (Fsp3) is 0.357. The number of nitrogens with one attached hydrogen (secondary N) is 1. The number of hydrogen-bond donors (Lipinski definition) is 1. The van der Waals surface area contributed by atoms with Crippen LogP contribution >= 0.6 is 0 Å². The molecule has 0 amide bonds. The Kier molecular flexibility index (Phi) is 5.61. The van der Waals surface area contributed by atoms with Crippen LogP contribution in [-0.4, -0.2) is 18.8 Å². The molecular weight excluding hydrogens is 271 g/mol. The van der Waals surface area contributed by atoms with Crippen LogP contribution < -0.4 is 5.32 Å². The lowest BCUT2D eigenvalue weighted by Crippen LogP contribution is -2.29. The summed E-state index contributed by atoms with van der Waals surface area (Å²) in [6, 6.07) is 8.06. The minimum absolute atomic E-state index is 0.0225. The van der Waals surface area contributed by atoms with Gasteiger partial charge < -0.3 is 10.1 Å². The van der Waals surface area contributed by atoms with Crippen LogP contribution in [0.1, 0.15) is 25.5 Å². The normalized spacial score (nSPS) is 13.8. The van der Waals surface area contributed by atoms with Gasteiger partial charge in [-0.15, -0.1) is 0 Å². The van der Waals surface area contributed by atoms with E-state index in [4.69, 9.17) is 0 Å². The quantitative estimate of drug-likeness (QED) is 0.666. The second-order valence-corrected chi connectivity index (χ2v) is 4.08. The number of hydrogen-bond acceptors (Lipinski definition) is 3. The predicted octanol–water partition coefficient (Wildman–Crippen LogP) is 3.35. The maximum Gasteiger partial charge on any atom is 0.431 e. The van der Waals surface area contributed by atoms with E-state index in [9.17, 15) is 18.0 Å². The van der Waals surface area contributed by atoms with Gasteiger partial charge in [0.15, 0.2) is 0 Å². The Morgan fingerprint density at radius 2 is 1.95 bits per heavy atom. The summed E-state index contributed by atoms with van der Waals surface area (Å²) in [5, 5.41) is 2.30. The Bertz CT molecular complexity index is 469. The van der Waals surface area contributed by atoms with Crippen LogP contribution in [0.3, 0.4) is 0 Å². The predicted molar refractivity (Wildman–Crippen MR) is 68.8 cm³/mol. The van der Waals surface area contributed by atoms with Gasteiger partial charge in [-0.1, -0.05) is 30.3 Å².